The van der Waals surface area contributed by atoms with Crippen LogP contribution in [0.5, 0.6) is 5.75 Å². The minimum Gasteiger partial charge on any atom is -0.493 e. The smallest absolute Gasteiger partial charge is 0.319 e. The first-order valence-electron chi connectivity index (χ1n) is 9.14. The van der Waals surface area contributed by atoms with Crippen molar-refractivity contribution in [1.29, 1.82) is 0 Å². The second-order valence-electron chi connectivity index (χ2n) is 6.55. The quantitative estimate of drug-likeness (QED) is 0.797. The summed E-state index contributed by atoms with van der Waals surface area (Å²) < 4.78 is 5.81. The second-order valence-corrected chi connectivity index (χ2v) is 6.55. The fourth-order valence-electron chi connectivity index (χ4n) is 3.19. The summed E-state index contributed by atoms with van der Waals surface area (Å²) in [5.41, 5.74) is 2.01. The Labute approximate surface area is 149 Å². The minimum absolute atomic E-state index is 0.131. The molecule has 2 aromatic carbocycles. The van der Waals surface area contributed by atoms with E-state index in [-0.39, 0.29) is 6.03 Å². The van der Waals surface area contributed by atoms with Crippen molar-refractivity contribution in [2.75, 3.05) is 11.9 Å². The maximum atomic E-state index is 12.1. The zero-order valence-electron chi connectivity index (χ0n) is 14.5. The molecule has 0 heterocycles. The van der Waals surface area contributed by atoms with E-state index in [0.29, 0.717) is 12.6 Å². The van der Waals surface area contributed by atoms with Crippen molar-refractivity contribution in [1.82, 2.24) is 5.32 Å². The van der Waals surface area contributed by atoms with E-state index in [0.717, 1.165) is 30.7 Å². The van der Waals surface area contributed by atoms with E-state index < -0.39 is 0 Å². The molecule has 0 unspecified atom stereocenters. The zero-order chi connectivity index (χ0) is 17.3. The summed E-state index contributed by atoms with van der Waals surface area (Å²) >= 11 is 0. The summed E-state index contributed by atoms with van der Waals surface area (Å²) in [4.78, 5) is 12.1. The first kappa shape index (κ1) is 17.3. The van der Waals surface area contributed by atoms with E-state index in [9.17, 15) is 4.79 Å². The number of carbonyl (C=O) groups excluding carboxylic acids is 1. The number of amides is 2. The number of hydrogen-bond donors (Lipinski definition) is 2. The van der Waals surface area contributed by atoms with E-state index in [2.05, 4.69) is 22.8 Å². The summed E-state index contributed by atoms with van der Waals surface area (Å²) in [6.07, 6.45) is 6.71. The highest BCUT2D eigenvalue weighted by Gasteiger charge is 2.15. The Morgan fingerprint density at radius 2 is 1.80 bits per heavy atom. The van der Waals surface area contributed by atoms with Gasteiger partial charge in [-0.25, -0.2) is 4.79 Å². The van der Waals surface area contributed by atoms with Crippen LogP contribution in [0.2, 0.25) is 0 Å². The van der Waals surface area contributed by atoms with Crippen LogP contribution < -0.4 is 15.4 Å². The van der Waals surface area contributed by atoms with Crippen molar-refractivity contribution >= 4 is 11.7 Å². The molecular weight excluding hydrogens is 312 g/mol. The van der Waals surface area contributed by atoms with Gasteiger partial charge in [0.25, 0.3) is 0 Å². The van der Waals surface area contributed by atoms with Gasteiger partial charge in [-0.05, 0) is 30.5 Å². The highest BCUT2D eigenvalue weighted by molar-refractivity contribution is 5.89. The van der Waals surface area contributed by atoms with Crippen molar-refractivity contribution in [2.24, 2.45) is 0 Å². The number of urea groups is 1. The van der Waals surface area contributed by atoms with Gasteiger partial charge in [0, 0.05) is 24.2 Å². The zero-order valence-corrected chi connectivity index (χ0v) is 14.5. The van der Waals surface area contributed by atoms with Gasteiger partial charge in [0.05, 0.1) is 6.61 Å². The lowest BCUT2D eigenvalue weighted by Crippen LogP contribution is -2.38. The van der Waals surface area contributed by atoms with Crippen LogP contribution in [0, 0.1) is 0 Å². The van der Waals surface area contributed by atoms with Crippen molar-refractivity contribution < 1.29 is 9.53 Å². The van der Waals surface area contributed by atoms with Crippen molar-refractivity contribution in [2.45, 2.75) is 44.6 Å². The predicted molar refractivity (Wildman–Crippen MR) is 101 cm³/mol. The van der Waals surface area contributed by atoms with E-state index in [1.807, 2.05) is 42.5 Å². The van der Waals surface area contributed by atoms with Gasteiger partial charge in [-0.15, -0.1) is 0 Å². The fourth-order valence-corrected chi connectivity index (χ4v) is 3.19. The van der Waals surface area contributed by atoms with Gasteiger partial charge >= 0.3 is 6.03 Å². The van der Waals surface area contributed by atoms with Gasteiger partial charge < -0.3 is 15.4 Å². The predicted octanol–water partition coefficient (Wildman–Crippen LogP) is 4.76. The molecule has 0 saturated heterocycles. The minimum atomic E-state index is -0.131. The van der Waals surface area contributed by atoms with Gasteiger partial charge in [0.15, 0.2) is 0 Å². The standard InChI is InChI=1S/C21H26N2O2/c24-21(22-18-10-5-2-6-11-18)23-19-12-7-13-20(16-19)25-15-14-17-8-3-1-4-9-17/h1,3-4,7-9,12-13,16,18H,2,5-6,10-11,14-15H2,(H2,22,23,24). The molecule has 2 aromatic rings. The average Bonchev–Trinajstić information content (AvgIpc) is 2.64. The molecule has 3 rings (SSSR count). The third-order valence-electron chi connectivity index (χ3n) is 4.53. The summed E-state index contributed by atoms with van der Waals surface area (Å²) in [6, 6.07) is 18.0. The Morgan fingerprint density at radius 3 is 2.60 bits per heavy atom. The molecule has 0 bridgehead atoms. The van der Waals surface area contributed by atoms with Crippen LogP contribution in [-0.2, 0) is 6.42 Å². The molecule has 1 aliphatic rings. The van der Waals surface area contributed by atoms with Gasteiger partial charge in [-0.2, -0.15) is 0 Å². The van der Waals surface area contributed by atoms with E-state index in [4.69, 9.17) is 4.74 Å². The molecule has 1 fully saturated rings. The normalized spacial score (nSPS) is 14.7. The summed E-state index contributed by atoms with van der Waals surface area (Å²) in [5, 5.41) is 5.97. The van der Waals surface area contributed by atoms with Crippen molar-refractivity contribution in [3.63, 3.8) is 0 Å². The van der Waals surface area contributed by atoms with Crippen LogP contribution in [0.1, 0.15) is 37.7 Å². The molecule has 0 spiro atoms. The SMILES string of the molecule is O=C(Nc1cccc(OCCc2ccccc2)c1)NC1CCCCC1. The molecule has 4 nitrogen and oxygen atoms in total. The Bertz CT molecular complexity index is 667. The number of nitrogens with one attached hydrogen (secondary N) is 2. The van der Waals surface area contributed by atoms with Crippen LogP contribution in [0.3, 0.4) is 0 Å². The second kappa shape index (κ2) is 9.11. The van der Waals surface area contributed by atoms with Crippen LogP contribution in [0.4, 0.5) is 10.5 Å². The Kier molecular flexibility index (Phi) is 6.32. The first-order valence-corrected chi connectivity index (χ1v) is 9.14. The number of anilines is 1. The van der Waals surface area contributed by atoms with Gasteiger partial charge in [-0.1, -0.05) is 55.7 Å². The Hall–Kier alpha value is -2.49. The van der Waals surface area contributed by atoms with E-state index in [1.54, 1.807) is 0 Å². The van der Waals surface area contributed by atoms with E-state index >= 15 is 0 Å². The average molecular weight is 338 g/mol. The van der Waals surface area contributed by atoms with Crippen molar-refractivity contribution in [3.05, 3.63) is 60.2 Å². The van der Waals surface area contributed by atoms with Crippen LogP contribution >= 0.6 is 0 Å². The molecule has 0 aliphatic heterocycles. The maximum Gasteiger partial charge on any atom is 0.319 e. The Balaban J connectivity index is 1.46. The lowest BCUT2D eigenvalue weighted by molar-refractivity contribution is 0.244. The summed E-state index contributed by atoms with van der Waals surface area (Å²) in [6.45, 7) is 0.613. The fraction of sp³-hybridized carbons (Fsp3) is 0.381. The summed E-state index contributed by atoms with van der Waals surface area (Å²) in [5.74, 6) is 0.770. The molecule has 2 N–H and O–H groups in total. The van der Waals surface area contributed by atoms with Crippen LogP contribution in [0.25, 0.3) is 0 Å². The molecule has 132 valence electrons. The van der Waals surface area contributed by atoms with Gasteiger partial charge in [0.2, 0.25) is 0 Å². The summed E-state index contributed by atoms with van der Waals surface area (Å²) in [7, 11) is 0. The molecule has 0 atom stereocenters. The lowest BCUT2D eigenvalue weighted by Gasteiger charge is -2.22. The third-order valence-corrected chi connectivity index (χ3v) is 4.53. The molecule has 1 saturated carbocycles. The van der Waals surface area contributed by atoms with Gasteiger partial charge in [0.1, 0.15) is 5.75 Å². The molecule has 1 aliphatic carbocycles. The highest BCUT2D eigenvalue weighted by atomic mass is 16.5. The monoisotopic (exact) mass is 338 g/mol. The molecule has 4 heteroatoms. The van der Waals surface area contributed by atoms with E-state index in [1.165, 1.54) is 24.8 Å². The molecule has 0 aromatic heterocycles. The maximum absolute atomic E-state index is 12.1. The van der Waals surface area contributed by atoms with Gasteiger partial charge in [-0.3, -0.25) is 0 Å². The molecule has 2 amide bonds. The third kappa shape index (κ3) is 5.82. The van der Waals surface area contributed by atoms with Crippen molar-refractivity contribution in [3.8, 4) is 5.75 Å². The number of carbonyl (C=O) groups is 1. The number of rotatable bonds is 6. The first-order chi connectivity index (χ1) is 12.3. The molecule has 0 radical (unpaired) electrons. The Morgan fingerprint density at radius 1 is 1.00 bits per heavy atom. The number of benzene rings is 2. The number of hydrogen-bond acceptors (Lipinski definition) is 2. The van der Waals surface area contributed by atoms with Crippen LogP contribution in [-0.4, -0.2) is 18.7 Å². The number of ether oxygens (including phenoxy) is 1. The largest absolute Gasteiger partial charge is 0.493 e. The molecular formula is C21H26N2O2. The molecule has 25 heavy (non-hydrogen) atoms. The topological polar surface area (TPSA) is 50.4 Å². The highest BCUT2D eigenvalue weighted by Crippen LogP contribution is 2.19. The van der Waals surface area contributed by atoms with Crippen LogP contribution in [0.15, 0.2) is 54.6 Å². The lowest BCUT2D eigenvalue weighted by atomic mass is 9.96.